The van der Waals surface area contributed by atoms with Crippen LogP contribution in [-0.2, 0) is 22.4 Å². The number of likely N-dealkylation sites (tertiary alicyclic amines) is 1. The van der Waals surface area contributed by atoms with Gasteiger partial charge < -0.3 is 14.9 Å². The molecule has 1 saturated heterocycles. The summed E-state index contributed by atoms with van der Waals surface area (Å²) in [5.41, 5.74) is 5.16. The first-order chi connectivity index (χ1) is 16.7. The number of carboxylic acids is 1. The number of hydrogen-bond donors (Lipinski definition) is 2. The number of β-amino-alcohol motifs (C(OH)–C–C–N with tert-alkyl or cyclic N) is 1. The number of aliphatic hydroxyl groups is 1. The van der Waals surface area contributed by atoms with Crippen LogP contribution in [0.25, 0.3) is 0 Å². The van der Waals surface area contributed by atoms with E-state index >= 15 is 0 Å². The fraction of sp³-hybridized carbons (Fsp3) is 0.552. The zero-order valence-corrected chi connectivity index (χ0v) is 21.3. The molecular weight excluding hydrogens is 445 g/mol. The van der Waals surface area contributed by atoms with E-state index < -0.39 is 12.1 Å². The monoisotopic (exact) mass is 485 g/mol. The van der Waals surface area contributed by atoms with E-state index in [1.165, 1.54) is 11.1 Å². The van der Waals surface area contributed by atoms with E-state index in [1.807, 2.05) is 25.1 Å². The number of rotatable bonds is 13. The maximum Gasteiger partial charge on any atom is 0.303 e. The lowest BCUT2D eigenvalue weighted by Gasteiger charge is -2.28. The quantitative estimate of drug-likeness (QED) is 0.373. The number of aryl methyl sites for hydroxylation is 2. The van der Waals surface area contributed by atoms with Gasteiger partial charge in [0.15, 0.2) is 0 Å². The van der Waals surface area contributed by atoms with Crippen LogP contribution in [0.1, 0.15) is 72.9 Å². The van der Waals surface area contributed by atoms with E-state index in [0.29, 0.717) is 24.6 Å². The number of hydrogen-bond acceptors (Lipinski definition) is 4. The minimum Gasteiger partial charge on any atom is -0.481 e. The molecule has 1 aliphatic heterocycles. The summed E-state index contributed by atoms with van der Waals surface area (Å²) in [5, 5.41) is 19.6. The normalized spacial score (nSPS) is 18.0. The molecule has 5 nitrogen and oxygen atoms in total. The van der Waals surface area contributed by atoms with Crippen molar-refractivity contribution in [2.75, 3.05) is 19.7 Å². The van der Waals surface area contributed by atoms with Gasteiger partial charge >= 0.3 is 5.97 Å². The Morgan fingerprint density at radius 1 is 1.20 bits per heavy atom. The molecule has 0 spiro atoms. The maximum atomic E-state index is 14.0. The molecule has 3 rings (SSSR count). The van der Waals surface area contributed by atoms with Gasteiger partial charge in [0.1, 0.15) is 5.82 Å². The summed E-state index contributed by atoms with van der Waals surface area (Å²) >= 11 is 0. The number of aliphatic hydroxyl groups excluding tert-OH is 1. The molecular formula is C29H40FNO4. The number of unbranched alkanes of at least 4 members (excludes halogenated alkanes) is 1. The summed E-state index contributed by atoms with van der Waals surface area (Å²) in [6.07, 6.45) is 4.64. The molecule has 2 aromatic rings. The summed E-state index contributed by atoms with van der Waals surface area (Å²) in [5.74, 6) is -0.918. The summed E-state index contributed by atoms with van der Waals surface area (Å²) in [4.78, 5) is 13.1. The Bertz CT molecular complexity index is 979. The Balaban J connectivity index is 1.51. The zero-order valence-electron chi connectivity index (χ0n) is 21.3. The second kappa shape index (κ2) is 13.1. The van der Waals surface area contributed by atoms with Crippen LogP contribution < -0.4 is 0 Å². The van der Waals surface area contributed by atoms with Gasteiger partial charge in [-0.05, 0) is 99.7 Å². The first-order valence-corrected chi connectivity index (χ1v) is 12.8. The third-order valence-corrected chi connectivity index (χ3v) is 7.14. The van der Waals surface area contributed by atoms with Gasteiger partial charge in [0.25, 0.3) is 0 Å². The van der Waals surface area contributed by atoms with Crippen LogP contribution >= 0.6 is 0 Å². The van der Waals surface area contributed by atoms with Crippen LogP contribution in [0, 0.1) is 19.7 Å². The highest BCUT2D eigenvalue weighted by Crippen LogP contribution is 2.27. The molecule has 0 amide bonds. The smallest absolute Gasteiger partial charge is 0.303 e. The van der Waals surface area contributed by atoms with Crippen molar-refractivity contribution in [2.45, 2.75) is 84.0 Å². The molecule has 0 aliphatic carbocycles. The average molecular weight is 486 g/mol. The van der Waals surface area contributed by atoms with Gasteiger partial charge in [-0.3, -0.25) is 9.69 Å². The number of ether oxygens (including phenoxy) is 1. The highest BCUT2D eigenvalue weighted by Gasteiger charge is 2.27. The Morgan fingerprint density at radius 3 is 2.74 bits per heavy atom. The first kappa shape index (κ1) is 27.3. The summed E-state index contributed by atoms with van der Waals surface area (Å²) < 4.78 is 20.1. The first-order valence-electron chi connectivity index (χ1n) is 12.8. The fourth-order valence-corrected chi connectivity index (χ4v) is 5.10. The van der Waals surface area contributed by atoms with Crippen LogP contribution in [0.4, 0.5) is 4.39 Å². The lowest BCUT2D eigenvalue weighted by atomic mass is 9.94. The van der Waals surface area contributed by atoms with Gasteiger partial charge in [0, 0.05) is 19.0 Å². The largest absolute Gasteiger partial charge is 0.481 e. The van der Waals surface area contributed by atoms with Crippen molar-refractivity contribution in [3.05, 3.63) is 70.0 Å². The molecule has 35 heavy (non-hydrogen) atoms. The van der Waals surface area contributed by atoms with Gasteiger partial charge in [-0.2, -0.15) is 0 Å². The van der Waals surface area contributed by atoms with Crippen molar-refractivity contribution in [1.82, 2.24) is 4.90 Å². The van der Waals surface area contributed by atoms with Crippen molar-refractivity contribution in [1.29, 1.82) is 0 Å². The maximum absolute atomic E-state index is 14.0. The predicted octanol–water partition coefficient (Wildman–Crippen LogP) is 5.39. The second-order valence-corrected chi connectivity index (χ2v) is 9.95. The number of nitrogens with zero attached hydrogens (tertiary/aromatic N) is 1. The summed E-state index contributed by atoms with van der Waals surface area (Å²) in [6.45, 7) is 7.58. The van der Waals surface area contributed by atoms with E-state index in [1.54, 1.807) is 13.0 Å². The summed E-state index contributed by atoms with van der Waals surface area (Å²) in [6, 6.07) is 11.9. The van der Waals surface area contributed by atoms with E-state index in [4.69, 9.17) is 9.84 Å². The number of aliphatic carboxylic acids is 1. The zero-order chi connectivity index (χ0) is 25.4. The van der Waals surface area contributed by atoms with Crippen LogP contribution in [0.5, 0.6) is 0 Å². The molecule has 0 aromatic heterocycles. The third-order valence-electron chi connectivity index (χ3n) is 7.14. The van der Waals surface area contributed by atoms with Crippen molar-refractivity contribution in [3.8, 4) is 0 Å². The minimum absolute atomic E-state index is 0.160. The van der Waals surface area contributed by atoms with Crippen molar-refractivity contribution >= 4 is 5.97 Å². The molecule has 1 heterocycles. The van der Waals surface area contributed by atoms with Gasteiger partial charge in [0.2, 0.25) is 0 Å². The van der Waals surface area contributed by atoms with Gasteiger partial charge in [-0.25, -0.2) is 4.39 Å². The van der Waals surface area contributed by atoms with E-state index in [2.05, 4.69) is 24.0 Å². The SMILES string of the molecule is Cc1ccc(C[C@@H]2CCCN2C[C@@H](O)CO[C@H](C)c2cccc(C)c2CCCCC(=O)O)cc1F. The fourth-order valence-electron chi connectivity index (χ4n) is 5.10. The highest BCUT2D eigenvalue weighted by atomic mass is 19.1. The lowest BCUT2D eigenvalue weighted by molar-refractivity contribution is -0.137. The van der Waals surface area contributed by atoms with Crippen molar-refractivity contribution in [2.24, 2.45) is 0 Å². The van der Waals surface area contributed by atoms with Gasteiger partial charge in [-0.15, -0.1) is 0 Å². The Morgan fingerprint density at radius 2 is 2.00 bits per heavy atom. The molecule has 1 fully saturated rings. The molecule has 192 valence electrons. The van der Waals surface area contributed by atoms with Crippen LogP contribution in [-0.4, -0.2) is 52.9 Å². The van der Waals surface area contributed by atoms with E-state index in [0.717, 1.165) is 49.8 Å². The number of carbonyl (C=O) groups is 1. The highest BCUT2D eigenvalue weighted by molar-refractivity contribution is 5.66. The van der Waals surface area contributed by atoms with Gasteiger partial charge in [-0.1, -0.05) is 30.3 Å². The van der Waals surface area contributed by atoms with Crippen molar-refractivity contribution in [3.63, 3.8) is 0 Å². The molecule has 0 bridgehead atoms. The Labute approximate surface area is 208 Å². The van der Waals surface area contributed by atoms with E-state index in [-0.39, 0.29) is 24.9 Å². The number of carboxylic acid groups (broad SMARTS) is 1. The van der Waals surface area contributed by atoms with Crippen LogP contribution in [0.3, 0.4) is 0 Å². The molecule has 0 radical (unpaired) electrons. The molecule has 0 unspecified atom stereocenters. The number of halogens is 1. The van der Waals surface area contributed by atoms with E-state index in [9.17, 15) is 14.3 Å². The topological polar surface area (TPSA) is 70.0 Å². The molecule has 0 saturated carbocycles. The molecule has 3 atom stereocenters. The molecule has 2 N–H and O–H groups in total. The number of benzene rings is 2. The molecule has 2 aromatic carbocycles. The average Bonchev–Trinajstić information content (AvgIpc) is 3.24. The predicted molar refractivity (Wildman–Crippen MR) is 136 cm³/mol. The Kier molecular flexibility index (Phi) is 10.3. The molecule has 6 heteroatoms. The Hall–Kier alpha value is -2.28. The van der Waals surface area contributed by atoms with Crippen LogP contribution in [0.2, 0.25) is 0 Å². The third kappa shape index (κ3) is 8.13. The standard InChI is InChI=1S/C29H40FNO4/c1-20-8-6-11-27(26(20)10-4-5-12-29(33)34)22(3)35-19-25(32)18-31-15-7-9-24(31)16-23-14-13-21(2)28(30)17-23/h6,8,11,13-14,17,22,24-25,32H,4-5,7,9-10,12,15-16,18-19H2,1-3H3,(H,33,34)/t22-,24+,25-/m1/s1. The minimum atomic E-state index is -0.757. The molecule has 1 aliphatic rings. The van der Waals surface area contributed by atoms with Crippen molar-refractivity contribution < 1.29 is 24.1 Å². The summed E-state index contributed by atoms with van der Waals surface area (Å²) in [7, 11) is 0. The lowest BCUT2D eigenvalue weighted by Crippen LogP contribution is -2.39. The van der Waals surface area contributed by atoms with Crippen LogP contribution in [0.15, 0.2) is 36.4 Å². The van der Waals surface area contributed by atoms with Gasteiger partial charge in [0.05, 0.1) is 18.8 Å². The second-order valence-electron chi connectivity index (χ2n) is 9.95.